The predicted octanol–water partition coefficient (Wildman–Crippen LogP) is 4.73. The summed E-state index contributed by atoms with van der Waals surface area (Å²) in [4.78, 5) is 27.4. The van der Waals surface area contributed by atoms with Gasteiger partial charge in [0.05, 0.1) is 11.3 Å². The summed E-state index contributed by atoms with van der Waals surface area (Å²) >= 11 is 1.28. The molecule has 2 heterocycles. The second-order valence-corrected chi connectivity index (χ2v) is 7.21. The van der Waals surface area contributed by atoms with Crippen LogP contribution in [0.15, 0.2) is 65.7 Å². The molecular weight excluding hydrogens is 382 g/mol. The van der Waals surface area contributed by atoms with Crippen molar-refractivity contribution in [2.75, 3.05) is 10.2 Å². The molecule has 28 heavy (non-hydrogen) atoms. The van der Waals surface area contributed by atoms with E-state index in [1.54, 1.807) is 23.6 Å². The number of nitrogens with one attached hydrogen (secondary N) is 1. The predicted molar refractivity (Wildman–Crippen MR) is 105 cm³/mol. The fourth-order valence-corrected chi connectivity index (χ4v) is 3.81. The first-order chi connectivity index (χ1) is 13.5. The monoisotopic (exact) mass is 396 g/mol. The quantitative estimate of drug-likeness (QED) is 0.649. The number of nitrogens with zero attached hydrogens (tertiary/aromatic N) is 1. The molecule has 0 aliphatic carbocycles. The van der Waals surface area contributed by atoms with Gasteiger partial charge in [-0.15, -0.1) is 11.3 Å². The van der Waals surface area contributed by atoms with Crippen molar-refractivity contribution >= 4 is 40.1 Å². The summed E-state index contributed by atoms with van der Waals surface area (Å²) in [5.74, 6) is -3.04. The van der Waals surface area contributed by atoms with Gasteiger partial charge in [-0.05, 0) is 48.2 Å². The van der Waals surface area contributed by atoms with Crippen LogP contribution < -0.4 is 10.2 Å². The van der Waals surface area contributed by atoms with Gasteiger partial charge in [-0.1, -0.05) is 18.2 Å². The smallest absolute Gasteiger partial charge is 0.282 e. The minimum absolute atomic E-state index is 0.0294. The van der Waals surface area contributed by atoms with E-state index in [4.69, 9.17) is 0 Å². The third kappa shape index (κ3) is 3.10. The van der Waals surface area contributed by atoms with Crippen LogP contribution in [0.2, 0.25) is 0 Å². The molecule has 4 rings (SSSR count). The van der Waals surface area contributed by atoms with Gasteiger partial charge in [0.15, 0.2) is 0 Å². The maximum Gasteiger partial charge on any atom is 0.282 e. The summed E-state index contributed by atoms with van der Waals surface area (Å²) in [6.07, 6.45) is 0. The average molecular weight is 396 g/mol. The van der Waals surface area contributed by atoms with E-state index in [2.05, 4.69) is 5.32 Å². The van der Waals surface area contributed by atoms with E-state index >= 15 is 0 Å². The molecule has 0 bridgehead atoms. The Morgan fingerprint density at radius 1 is 0.964 bits per heavy atom. The van der Waals surface area contributed by atoms with Crippen molar-refractivity contribution in [3.63, 3.8) is 0 Å². The number of aryl methyl sites for hydroxylation is 1. The SMILES string of the molecule is Cc1cccc(NC2=C(c3cccs3)C(=O)N(c3cc(F)ccc3F)C2=O)c1. The van der Waals surface area contributed by atoms with Crippen LogP contribution in [-0.4, -0.2) is 11.8 Å². The van der Waals surface area contributed by atoms with Crippen LogP contribution >= 0.6 is 11.3 Å². The minimum Gasteiger partial charge on any atom is -0.350 e. The van der Waals surface area contributed by atoms with Crippen LogP contribution in [0.4, 0.5) is 20.2 Å². The molecule has 0 unspecified atom stereocenters. The Balaban J connectivity index is 1.83. The van der Waals surface area contributed by atoms with E-state index in [9.17, 15) is 18.4 Å². The molecule has 1 aromatic heterocycles. The highest BCUT2D eigenvalue weighted by Gasteiger charge is 2.41. The molecule has 1 aliphatic heterocycles. The maximum atomic E-state index is 14.3. The number of anilines is 2. The molecule has 0 atom stereocenters. The summed E-state index contributed by atoms with van der Waals surface area (Å²) in [5.41, 5.74) is 1.33. The number of carbonyl (C=O) groups excluding carboxylic acids is 2. The Labute approximate surface area is 163 Å². The van der Waals surface area contributed by atoms with Crippen molar-refractivity contribution in [3.05, 3.63) is 87.7 Å². The Morgan fingerprint density at radius 2 is 1.79 bits per heavy atom. The molecule has 0 fully saturated rings. The Morgan fingerprint density at radius 3 is 2.50 bits per heavy atom. The first-order valence-corrected chi connectivity index (χ1v) is 9.29. The van der Waals surface area contributed by atoms with Crippen LogP contribution in [0.5, 0.6) is 0 Å². The van der Waals surface area contributed by atoms with Crippen LogP contribution in [-0.2, 0) is 9.59 Å². The van der Waals surface area contributed by atoms with Gasteiger partial charge in [0.25, 0.3) is 11.8 Å². The second-order valence-electron chi connectivity index (χ2n) is 6.26. The second kappa shape index (κ2) is 7.01. The third-order valence-corrected chi connectivity index (χ3v) is 5.18. The zero-order chi connectivity index (χ0) is 19.8. The average Bonchev–Trinajstić information content (AvgIpc) is 3.25. The molecule has 0 spiro atoms. The zero-order valence-electron chi connectivity index (χ0n) is 14.7. The maximum absolute atomic E-state index is 14.3. The fourth-order valence-electron chi connectivity index (χ4n) is 3.04. The van der Waals surface area contributed by atoms with Gasteiger partial charge in [-0.3, -0.25) is 9.59 Å². The van der Waals surface area contributed by atoms with Crippen molar-refractivity contribution in [1.82, 2.24) is 0 Å². The van der Waals surface area contributed by atoms with Gasteiger partial charge < -0.3 is 5.32 Å². The number of rotatable bonds is 4. The van der Waals surface area contributed by atoms with Crippen molar-refractivity contribution < 1.29 is 18.4 Å². The van der Waals surface area contributed by atoms with Crippen LogP contribution in [0.3, 0.4) is 0 Å². The highest BCUT2D eigenvalue weighted by atomic mass is 32.1. The largest absolute Gasteiger partial charge is 0.350 e. The fraction of sp³-hybridized carbons (Fsp3) is 0.0476. The van der Waals surface area contributed by atoms with E-state index in [0.29, 0.717) is 15.5 Å². The van der Waals surface area contributed by atoms with E-state index < -0.39 is 29.1 Å². The molecule has 0 saturated carbocycles. The van der Waals surface area contributed by atoms with Gasteiger partial charge in [0.2, 0.25) is 0 Å². The molecule has 7 heteroatoms. The Hall–Kier alpha value is -3.32. The topological polar surface area (TPSA) is 49.4 Å². The lowest BCUT2D eigenvalue weighted by atomic mass is 10.1. The highest BCUT2D eigenvalue weighted by molar-refractivity contribution is 7.11. The van der Waals surface area contributed by atoms with Crippen molar-refractivity contribution in [1.29, 1.82) is 0 Å². The number of hydrogen-bond donors (Lipinski definition) is 1. The molecule has 140 valence electrons. The van der Waals surface area contributed by atoms with Gasteiger partial charge in [0, 0.05) is 16.6 Å². The first-order valence-electron chi connectivity index (χ1n) is 8.41. The summed E-state index contributed by atoms with van der Waals surface area (Å²) < 4.78 is 28.0. The van der Waals surface area contributed by atoms with E-state index in [0.717, 1.165) is 23.8 Å². The minimum atomic E-state index is -0.856. The molecule has 4 nitrogen and oxygen atoms in total. The number of amides is 2. The van der Waals surface area contributed by atoms with E-state index in [1.807, 2.05) is 25.1 Å². The number of halogens is 2. The standard InChI is InChI=1S/C21H14F2N2O2S/c1-12-4-2-5-14(10-12)24-19-18(17-6-3-9-28-17)20(26)25(21(19)27)16-11-13(22)7-8-15(16)23/h2-11,24H,1H3. The van der Waals surface area contributed by atoms with Crippen molar-refractivity contribution in [2.45, 2.75) is 6.92 Å². The summed E-state index contributed by atoms with van der Waals surface area (Å²) in [6, 6.07) is 13.4. The van der Waals surface area contributed by atoms with Crippen LogP contribution in [0.25, 0.3) is 5.57 Å². The number of thiophene rings is 1. The molecule has 1 aliphatic rings. The van der Waals surface area contributed by atoms with Crippen molar-refractivity contribution in [3.8, 4) is 0 Å². The Kier molecular flexibility index (Phi) is 4.52. The van der Waals surface area contributed by atoms with Crippen LogP contribution in [0, 0.1) is 18.6 Å². The molecule has 0 radical (unpaired) electrons. The van der Waals surface area contributed by atoms with Gasteiger partial charge >= 0.3 is 0 Å². The highest BCUT2D eigenvalue weighted by Crippen LogP contribution is 2.36. The lowest BCUT2D eigenvalue weighted by Crippen LogP contribution is -2.33. The molecule has 0 saturated heterocycles. The third-order valence-electron chi connectivity index (χ3n) is 4.29. The van der Waals surface area contributed by atoms with E-state index in [-0.39, 0.29) is 11.3 Å². The summed E-state index contributed by atoms with van der Waals surface area (Å²) in [7, 11) is 0. The zero-order valence-corrected chi connectivity index (χ0v) is 15.5. The number of benzene rings is 2. The summed E-state index contributed by atoms with van der Waals surface area (Å²) in [6.45, 7) is 1.90. The van der Waals surface area contributed by atoms with Gasteiger partial charge in [-0.25, -0.2) is 13.7 Å². The lowest BCUT2D eigenvalue weighted by Gasteiger charge is -2.16. The lowest BCUT2D eigenvalue weighted by molar-refractivity contribution is -0.120. The molecule has 3 aromatic rings. The van der Waals surface area contributed by atoms with Gasteiger partial charge in [0.1, 0.15) is 17.3 Å². The number of imide groups is 1. The van der Waals surface area contributed by atoms with Gasteiger partial charge in [-0.2, -0.15) is 0 Å². The molecule has 1 N–H and O–H groups in total. The van der Waals surface area contributed by atoms with Crippen LogP contribution in [0.1, 0.15) is 10.4 Å². The molecular formula is C21H14F2N2O2S. The molecule has 2 amide bonds. The summed E-state index contributed by atoms with van der Waals surface area (Å²) in [5, 5.41) is 4.77. The molecule has 2 aromatic carbocycles. The normalized spacial score (nSPS) is 14.2. The number of carbonyl (C=O) groups is 2. The first kappa shape index (κ1) is 18.1. The van der Waals surface area contributed by atoms with E-state index in [1.165, 1.54) is 11.3 Å². The van der Waals surface area contributed by atoms with Crippen molar-refractivity contribution in [2.24, 2.45) is 0 Å². The number of hydrogen-bond acceptors (Lipinski definition) is 4. The Bertz CT molecular complexity index is 1120.